The van der Waals surface area contributed by atoms with E-state index in [1.807, 2.05) is 36.5 Å². The molecule has 0 aliphatic carbocycles. The maximum absolute atomic E-state index is 13.1. The zero-order valence-electron chi connectivity index (χ0n) is 67.5. The second-order valence-electron chi connectivity index (χ2n) is 27.3. The van der Waals surface area contributed by atoms with Crippen LogP contribution in [-0.2, 0) is 65.4 Å². The standard InChI is InChI=1S/C89H148O17P2/c1-5-9-13-17-21-25-29-33-37-39-41-43-47-50-54-58-62-66-70-74-87(92)100-80-85(106-89(94)76-72-68-64-60-56-52-48-44-42-40-38-34-30-26-22-18-14-10-6-2)82-104-108(97,98)102-78-83(90)77-101-107(95,96)103-81-84(105-88(93)75-71-67-63-59-55-51-46-36-32-28-24-20-16-12-8-4)79-99-86(91)73-69-65-61-57-53-49-45-35-31-27-23-19-15-11-7-3/h9-10,13-14,21-22,25-26,28,32-34,37-38,41-44,50,52,54,56,62,64,66,68,83-85,90H,5-8,11-12,15-20,23-24,27,29-31,35-36,39-40,45-49,51,53,55,57-61,63,65,67,69-82H2,1-4H3,(H,95,96)(H,97,98)/b13-9-,14-10-,25-21-,26-22-,32-28-,37-33-,38-34-,43-41-,44-42-,54-50-,56-52-,66-62-,68-64-/t83-,84+,85+/m0/s1. The SMILES string of the molecule is CC/C=C\C/C=C\C/C=C\C/C=C\C/C=C\C/C=C\CCC(=O)OC[C@H](COP(=O)(O)OC[C@@H](O)COP(=O)(O)OC[C@@H](COC(=O)CCCCCCCCCCCCCCCCC)OC(=O)CCCCCCCCC/C=C\CCCCCC)OC(=O)CC/C=C\C/C=C\C/C=C\C/C=C\C/C=C\C/C=C\CC. The molecule has 0 saturated heterocycles. The van der Waals surface area contributed by atoms with E-state index in [0.717, 1.165) is 135 Å². The third-order valence-corrected chi connectivity index (χ3v) is 18.9. The first-order chi connectivity index (χ1) is 52.7. The number of rotatable bonds is 77. The van der Waals surface area contributed by atoms with Crippen LogP contribution in [0.25, 0.3) is 0 Å². The van der Waals surface area contributed by atoms with Gasteiger partial charge in [-0.15, -0.1) is 0 Å². The normalized spacial score (nSPS) is 14.6. The molecule has 0 saturated carbocycles. The highest BCUT2D eigenvalue weighted by molar-refractivity contribution is 7.47. The molecule has 2 unspecified atom stereocenters. The molecule has 0 fully saturated rings. The first kappa shape index (κ1) is 103. The zero-order valence-corrected chi connectivity index (χ0v) is 69.3. The van der Waals surface area contributed by atoms with Crippen LogP contribution < -0.4 is 0 Å². The van der Waals surface area contributed by atoms with Crippen molar-refractivity contribution in [2.45, 2.75) is 341 Å². The second-order valence-corrected chi connectivity index (χ2v) is 30.2. The van der Waals surface area contributed by atoms with Gasteiger partial charge in [0, 0.05) is 25.7 Å². The Bertz CT molecular complexity index is 2660. The van der Waals surface area contributed by atoms with E-state index in [1.165, 1.54) is 96.3 Å². The van der Waals surface area contributed by atoms with Crippen LogP contribution in [0.4, 0.5) is 0 Å². The van der Waals surface area contributed by atoms with E-state index in [1.54, 1.807) is 0 Å². The molecule has 0 bridgehead atoms. The van der Waals surface area contributed by atoms with E-state index < -0.39 is 97.5 Å². The molecule has 0 aromatic heterocycles. The molecule has 3 N–H and O–H groups in total. The number of hydrogen-bond donors (Lipinski definition) is 3. The van der Waals surface area contributed by atoms with Crippen LogP contribution in [0.3, 0.4) is 0 Å². The molecule has 0 radical (unpaired) electrons. The minimum atomic E-state index is -5.02. The molecule has 0 aromatic rings. The lowest BCUT2D eigenvalue weighted by Gasteiger charge is -2.21. The van der Waals surface area contributed by atoms with E-state index in [-0.39, 0.29) is 25.7 Å². The number of phosphoric acid groups is 2. The van der Waals surface area contributed by atoms with Crippen molar-refractivity contribution in [2.24, 2.45) is 0 Å². The maximum Gasteiger partial charge on any atom is 0.472 e. The van der Waals surface area contributed by atoms with Crippen LogP contribution >= 0.6 is 15.6 Å². The van der Waals surface area contributed by atoms with Crippen molar-refractivity contribution in [3.8, 4) is 0 Å². The van der Waals surface area contributed by atoms with Gasteiger partial charge in [-0.1, -0.05) is 327 Å². The van der Waals surface area contributed by atoms with Crippen LogP contribution in [0, 0.1) is 0 Å². The molecule has 0 aliphatic heterocycles. The van der Waals surface area contributed by atoms with Crippen molar-refractivity contribution >= 4 is 39.5 Å². The number of unbranched alkanes of at least 4 members (excludes halogenated alkanes) is 25. The fraction of sp³-hybridized carbons (Fsp3) is 0.663. The van der Waals surface area contributed by atoms with E-state index >= 15 is 0 Å². The Hall–Kier alpha value is -5.32. The number of carbonyl (C=O) groups is 4. The second kappa shape index (κ2) is 79.8. The third kappa shape index (κ3) is 78.8. The predicted octanol–water partition coefficient (Wildman–Crippen LogP) is 24.8. The van der Waals surface area contributed by atoms with Gasteiger partial charge in [-0.3, -0.25) is 37.3 Å². The van der Waals surface area contributed by atoms with Gasteiger partial charge >= 0.3 is 39.5 Å². The topological polar surface area (TPSA) is 237 Å². The summed E-state index contributed by atoms with van der Waals surface area (Å²) in [5.41, 5.74) is 0. The average molecular weight is 1550 g/mol. The van der Waals surface area contributed by atoms with Crippen molar-refractivity contribution < 1.29 is 80.2 Å². The van der Waals surface area contributed by atoms with Crippen LogP contribution in [0.15, 0.2) is 158 Å². The number of aliphatic hydroxyl groups is 1. The Morgan fingerprint density at radius 1 is 0.269 bits per heavy atom. The summed E-state index contributed by atoms with van der Waals surface area (Å²) in [5.74, 6) is -2.37. The quantitative estimate of drug-likeness (QED) is 0.0169. The molecule has 17 nitrogen and oxygen atoms in total. The smallest absolute Gasteiger partial charge is 0.462 e. The van der Waals surface area contributed by atoms with Crippen LogP contribution in [0.1, 0.15) is 323 Å². The Morgan fingerprint density at radius 3 is 0.824 bits per heavy atom. The Kier molecular flexibility index (Phi) is 75.8. The van der Waals surface area contributed by atoms with Crippen molar-refractivity contribution in [3.63, 3.8) is 0 Å². The first-order valence-corrected chi connectivity index (χ1v) is 44.7. The summed E-state index contributed by atoms with van der Waals surface area (Å²) in [6.45, 7) is 4.48. The summed E-state index contributed by atoms with van der Waals surface area (Å²) in [5, 5.41) is 10.7. The Morgan fingerprint density at radius 2 is 0.500 bits per heavy atom. The summed E-state index contributed by atoms with van der Waals surface area (Å²) < 4.78 is 68.6. The largest absolute Gasteiger partial charge is 0.472 e. The van der Waals surface area contributed by atoms with E-state index in [2.05, 4.69) is 149 Å². The molecule has 0 heterocycles. The van der Waals surface area contributed by atoms with Gasteiger partial charge in [0.15, 0.2) is 12.2 Å². The molecule has 108 heavy (non-hydrogen) atoms. The van der Waals surface area contributed by atoms with Gasteiger partial charge in [0.25, 0.3) is 0 Å². The molecule has 0 aliphatic rings. The molecule has 616 valence electrons. The number of esters is 4. The summed E-state index contributed by atoms with van der Waals surface area (Å²) in [4.78, 5) is 73.1. The van der Waals surface area contributed by atoms with Gasteiger partial charge in [-0.25, -0.2) is 9.13 Å². The fourth-order valence-corrected chi connectivity index (χ4v) is 12.3. The fourth-order valence-electron chi connectivity index (χ4n) is 10.7. The van der Waals surface area contributed by atoms with Gasteiger partial charge in [0.05, 0.1) is 26.4 Å². The highest BCUT2D eigenvalue weighted by Crippen LogP contribution is 2.45. The zero-order chi connectivity index (χ0) is 78.9. The molecule has 5 atom stereocenters. The van der Waals surface area contributed by atoms with E-state index in [0.29, 0.717) is 38.5 Å². The highest BCUT2D eigenvalue weighted by atomic mass is 31.2. The average Bonchev–Trinajstić information content (AvgIpc) is 0.896. The third-order valence-electron chi connectivity index (χ3n) is 17.0. The van der Waals surface area contributed by atoms with E-state index in [9.17, 15) is 43.2 Å². The number of aliphatic hydroxyl groups excluding tert-OH is 1. The predicted molar refractivity (Wildman–Crippen MR) is 445 cm³/mol. The number of phosphoric ester groups is 2. The molecule has 0 aromatic carbocycles. The molecule has 0 rings (SSSR count). The maximum atomic E-state index is 13.1. The summed E-state index contributed by atoms with van der Waals surface area (Å²) in [6, 6.07) is 0. The number of ether oxygens (including phenoxy) is 4. The molecular weight excluding hydrogens is 1400 g/mol. The summed E-state index contributed by atoms with van der Waals surface area (Å²) in [7, 11) is -10.0. The van der Waals surface area contributed by atoms with Crippen LogP contribution in [0.2, 0.25) is 0 Å². The lowest BCUT2D eigenvalue weighted by molar-refractivity contribution is -0.161. The highest BCUT2D eigenvalue weighted by Gasteiger charge is 2.30. The van der Waals surface area contributed by atoms with Crippen LogP contribution in [0.5, 0.6) is 0 Å². The molecule has 19 heteroatoms. The van der Waals surface area contributed by atoms with Crippen molar-refractivity contribution in [3.05, 3.63) is 158 Å². The van der Waals surface area contributed by atoms with Crippen molar-refractivity contribution in [1.82, 2.24) is 0 Å². The van der Waals surface area contributed by atoms with Gasteiger partial charge in [0.2, 0.25) is 0 Å². The first-order valence-electron chi connectivity index (χ1n) is 41.7. The van der Waals surface area contributed by atoms with Crippen molar-refractivity contribution in [2.75, 3.05) is 39.6 Å². The van der Waals surface area contributed by atoms with Gasteiger partial charge in [-0.05, 0) is 128 Å². The number of hydrogen-bond acceptors (Lipinski definition) is 15. The lowest BCUT2D eigenvalue weighted by atomic mass is 10.0. The monoisotopic (exact) mass is 1550 g/mol. The Labute approximate surface area is 655 Å². The van der Waals surface area contributed by atoms with Gasteiger partial charge in [-0.2, -0.15) is 0 Å². The minimum Gasteiger partial charge on any atom is -0.462 e. The van der Waals surface area contributed by atoms with Crippen LogP contribution in [-0.4, -0.2) is 96.7 Å². The summed E-state index contributed by atoms with van der Waals surface area (Å²) >= 11 is 0. The van der Waals surface area contributed by atoms with Gasteiger partial charge < -0.3 is 33.8 Å². The summed E-state index contributed by atoms with van der Waals surface area (Å²) in [6.07, 6.45) is 93.9. The number of allylic oxidation sites excluding steroid dienone is 26. The van der Waals surface area contributed by atoms with Gasteiger partial charge in [0.1, 0.15) is 19.3 Å². The molecule has 0 spiro atoms. The number of carbonyl (C=O) groups excluding carboxylic acids is 4. The van der Waals surface area contributed by atoms with Crippen molar-refractivity contribution in [1.29, 1.82) is 0 Å². The molecule has 0 amide bonds. The lowest BCUT2D eigenvalue weighted by Crippen LogP contribution is -2.30. The minimum absolute atomic E-state index is 0.0152. The Balaban J connectivity index is 5.51. The molecular formula is C89H148O17P2. The van der Waals surface area contributed by atoms with E-state index in [4.69, 9.17) is 37.0 Å².